The highest BCUT2D eigenvalue weighted by molar-refractivity contribution is 7.70. The molecule has 3 atom stereocenters. The van der Waals surface area contributed by atoms with Crippen molar-refractivity contribution in [2.75, 3.05) is 0 Å². The van der Waals surface area contributed by atoms with E-state index < -0.39 is 12.5 Å². The van der Waals surface area contributed by atoms with E-state index in [0.717, 1.165) is 0 Å². The number of rotatable bonds is 3. The van der Waals surface area contributed by atoms with Crippen molar-refractivity contribution in [3.8, 4) is 0 Å². The van der Waals surface area contributed by atoms with Crippen molar-refractivity contribution in [1.82, 2.24) is 0 Å². The van der Waals surface area contributed by atoms with Gasteiger partial charge in [-0.25, -0.2) is 0 Å². The minimum absolute atomic E-state index is 0.312. The second-order valence-electron chi connectivity index (χ2n) is 6.73. The first-order chi connectivity index (χ1) is 12.8. The van der Waals surface area contributed by atoms with E-state index >= 15 is 0 Å². The van der Waals surface area contributed by atoms with Crippen molar-refractivity contribution in [2.45, 2.75) is 10.3 Å². The van der Waals surface area contributed by atoms with Crippen LogP contribution in [-0.2, 0) is 0 Å². The summed E-state index contributed by atoms with van der Waals surface area (Å²) < 4.78 is -0.503. The maximum Gasteiger partial charge on any atom is 0.112 e. The number of fused-ring (bicyclic) bond motifs is 2. The van der Waals surface area contributed by atoms with Crippen molar-refractivity contribution in [3.05, 3.63) is 119 Å². The molecule has 2 heteroatoms. The molecule has 0 aromatic heterocycles. The lowest BCUT2D eigenvalue weighted by Crippen LogP contribution is -2.28. The lowest BCUT2D eigenvalue weighted by atomic mass is 10.0. The smallest absolute Gasteiger partial charge is 0.104 e. The minimum atomic E-state index is -0.733. The Hall–Kier alpha value is -2.14. The second-order valence-corrected chi connectivity index (χ2v) is 10.1. The van der Waals surface area contributed by atoms with Gasteiger partial charge in [-0.3, -0.25) is 0 Å². The van der Waals surface area contributed by atoms with Gasteiger partial charge in [0.05, 0.1) is 0 Å². The van der Waals surface area contributed by atoms with E-state index in [1.54, 1.807) is 0 Å². The van der Waals surface area contributed by atoms with Gasteiger partial charge in [0.15, 0.2) is 0 Å². The molecule has 0 amide bonds. The summed E-state index contributed by atoms with van der Waals surface area (Å²) in [5.74, 6) is 0. The normalized spacial score (nSPS) is 26.3. The minimum Gasteiger partial charge on any atom is -0.104 e. The number of hydrogen-bond donors (Lipinski definition) is 0. The third-order valence-corrected chi connectivity index (χ3v) is 9.08. The van der Waals surface area contributed by atoms with Crippen LogP contribution in [0.5, 0.6) is 0 Å². The fourth-order valence-corrected chi connectivity index (χ4v) is 8.00. The van der Waals surface area contributed by atoms with E-state index in [1.807, 2.05) is 0 Å². The zero-order chi connectivity index (χ0) is 17.6. The molecule has 0 N–H and O–H groups in total. The zero-order valence-corrected chi connectivity index (χ0v) is 15.9. The Morgan fingerprint density at radius 3 is 2.54 bits per heavy atom. The van der Waals surface area contributed by atoms with Crippen molar-refractivity contribution in [1.29, 1.82) is 0 Å². The van der Waals surface area contributed by atoms with Crippen LogP contribution in [0.4, 0.5) is 0 Å². The molecule has 2 aromatic carbocycles. The number of hydrogen-bond acceptors (Lipinski definition) is 0. The van der Waals surface area contributed by atoms with Crippen LogP contribution in [0.1, 0.15) is 16.8 Å². The van der Waals surface area contributed by atoms with Gasteiger partial charge in [-0.2, -0.15) is 0 Å². The van der Waals surface area contributed by atoms with Crippen LogP contribution >= 0.6 is 19.5 Å². The van der Waals surface area contributed by atoms with E-state index in [9.17, 15) is 0 Å². The fraction of sp³-hybridized carbons (Fsp3) is 0.0833. The van der Waals surface area contributed by atoms with Gasteiger partial charge in [0, 0.05) is 5.66 Å². The summed E-state index contributed by atoms with van der Waals surface area (Å²) in [5, 5.41) is 1.34. The molecule has 2 aromatic rings. The molecule has 0 nitrogen and oxygen atoms in total. The first-order valence-electron chi connectivity index (χ1n) is 8.86. The van der Waals surface area contributed by atoms with Crippen LogP contribution in [0.25, 0.3) is 6.08 Å². The molecule has 126 valence electrons. The van der Waals surface area contributed by atoms with Crippen LogP contribution in [0.3, 0.4) is 0 Å². The maximum atomic E-state index is 7.48. The SMILES string of the molecule is ClC1(P(c2ccccc2)C2C=Cc3ccccc32)C=CC=C2C=CC=C21. The summed E-state index contributed by atoms with van der Waals surface area (Å²) in [5.41, 5.74) is 5.48. The number of allylic oxidation sites excluding steroid dienone is 9. The number of alkyl halides is 1. The first kappa shape index (κ1) is 16.1. The summed E-state index contributed by atoms with van der Waals surface area (Å²) >= 11 is 7.48. The summed E-state index contributed by atoms with van der Waals surface area (Å²) in [6, 6.07) is 19.5. The van der Waals surface area contributed by atoms with Gasteiger partial charge in [0.1, 0.15) is 4.62 Å². The molecule has 0 spiro atoms. The quantitative estimate of drug-likeness (QED) is 0.426. The number of halogens is 1. The summed E-state index contributed by atoms with van der Waals surface area (Å²) in [6.45, 7) is 0. The molecular weight excluding hydrogens is 355 g/mol. The van der Waals surface area contributed by atoms with Crippen LogP contribution in [0, 0.1) is 0 Å². The monoisotopic (exact) mass is 372 g/mol. The maximum absolute atomic E-state index is 7.48. The number of benzene rings is 2. The summed E-state index contributed by atoms with van der Waals surface area (Å²) in [4.78, 5) is 0. The van der Waals surface area contributed by atoms with E-state index in [-0.39, 0.29) is 0 Å². The molecule has 0 saturated carbocycles. The van der Waals surface area contributed by atoms with Crippen molar-refractivity contribution in [2.24, 2.45) is 0 Å². The third-order valence-electron chi connectivity index (χ3n) is 5.26. The van der Waals surface area contributed by atoms with E-state index in [4.69, 9.17) is 11.6 Å². The van der Waals surface area contributed by atoms with Gasteiger partial charge in [-0.05, 0) is 35.5 Å². The molecule has 0 radical (unpaired) electrons. The molecule has 0 saturated heterocycles. The Labute approximate surface area is 160 Å². The molecule has 3 aliphatic rings. The average molecular weight is 373 g/mol. The summed E-state index contributed by atoms with van der Waals surface area (Å²) in [6.07, 6.45) is 17.5. The molecule has 5 rings (SSSR count). The van der Waals surface area contributed by atoms with Crippen LogP contribution < -0.4 is 5.30 Å². The Morgan fingerprint density at radius 2 is 1.65 bits per heavy atom. The molecule has 0 fully saturated rings. The highest BCUT2D eigenvalue weighted by Gasteiger charge is 2.46. The second kappa shape index (κ2) is 6.23. The Bertz CT molecular complexity index is 1010. The highest BCUT2D eigenvalue weighted by atomic mass is 35.5. The van der Waals surface area contributed by atoms with E-state index in [2.05, 4.69) is 103 Å². The molecule has 0 bridgehead atoms. The molecular formula is C24H18ClP. The first-order valence-corrected chi connectivity index (χ1v) is 10.7. The van der Waals surface area contributed by atoms with Crippen LogP contribution in [0.2, 0.25) is 0 Å². The Morgan fingerprint density at radius 1 is 0.846 bits per heavy atom. The molecule has 0 aliphatic heterocycles. The van der Waals surface area contributed by atoms with Gasteiger partial charge in [0.2, 0.25) is 0 Å². The average Bonchev–Trinajstić information content (AvgIpc) is 3.31. The zero-order valence-electron chi connectivity index (χ0n) is 14.2. The Kier molecular flexibility index (Phi) is 3.85. The Balaban J connectivity index is 1.69. The molecule has 26 heavy (non-hydrogen) atoms. The van der Waals surface area contributed by atoms with E-state index in [1.165, 1.54) is 27.6 Å². The van der Waals surface area contributed by atoms with Crippen molar-refractivity contribution < 1.29 is 0 Å². The van der Waals surface area contributed by atoms with Gasteiger partial charge in [-0.1, -0.05) is 103 Å². The summed E-state index contributed by atoms with van der Waals surface area (Å²) in [7, 11) is -0.733. The van der Waals surface area contributed by atoms with Gasteiger partial charge in [0.25, 0.3) is 0 Å². The van der Waals surface area contributed by atoms with Gasteiger partial charge < -0.3 is 0 Å². The third kappa shape index (κ3) is 2.41. The van der Waals surface area contributed by atoms with Crippen molar-refractivity contribution >= 4 is 30.9 Å². The standard InChI is InChI=1S/C24H18ClP/c25-24(17-7-10-19-9-6-14-22(19)24)26(20-11-2-1-3-12-20)23-16-15-18-8-4-5-13-21(18)23/h1-17,23H. The highest BCUT2D eigenvalue weighted by Crippen LogP contribution is 2.68. The van der Waals surface area contributed by atoms with E-state index in [0.29, 0.717) is 5.66 Å². The lowest BCUT2D eigenvalue weighted by Gasteiger charge is -2.40. The van der Waals surface area contributed by atoms with Crippen LogP contribution in [-0.4, -0.2) is 4.62 Å². The van der Waals surface area contributed by atoms with Gasteiger partial charge >= 0.3 is 0 Å². The van der Waals surface area contributed by atoms with Gasteiger partial charge in [-0.15, -0.1) is 11.6 Å². The predicted octanol–water partition coefficient (Wildman–Crippen LogP) is 6.49. The predicted molar refractivity (Wildman–Crippen MR) is 114 cm³/mol. The fourth-order valence-electron chi connectivity index (χ4n) is 4.07. The largest absolute Gasteiger partial charge is 0.112 e. The molecule has 3 aliphatic carbocycles. The van der Waals surface area contributed by atoms with Crippen LogP contribution in [0.15, 0.2) is 108 Å². The molecule has 3 unspecified atom stereocenters. The molecule has 0 heterocycles. The lowest BCUT2D eigenvalue weighted by molar-refractivity contribution is 1.10. The topological polar surface area (TPSA) is 0 Å². The van der Waals surface area contributed by atoms with Crippen molar-refractivity contribution in [3.63, 3.8) is 0 Å².